The van der Waals surface area contributed by atoms with Crippen molar-refractivity contribution in [2.45, 2.75) is 39.4 Å². The minimum absolute atomic E-state index is 0.102. The van der Waals surface area contributed by atoms with Crippen molar-refractivity contribution >= 4 is 17.2 Å². The van der Waals surface area contributed by atoms with Gasteiger partial charge in [-0.05, 0) is 13.8 Å². The summed E-state index contributed by atoms with van der Waals surface area (Å²) in [7, 11) is 1.58. The number of aryl methyl sites for hydroxylation is 2. The van der Waals surface area contributed by atoms with Gasteiger partial charge in [-0.25, -0.2) is 4.98 Å². The molecular weight excluding hydrogens is 344 g/mol. The van der Waals surface area contributed by atoms with Gasteiger partial charge in [-0.2, -0.15) is 4.98 Å². The lowest BCUT2D eigenvalue weighted by atomic mass is 10.2. The van der Waals surface area contributed by atoms with Crippen molar-refractivity contribution in [2.24, 2.45) is 0 Å². The Labute approximate surface area is 150 Å². The maximum absolute atomic E-state index is 12.6. The van der Waals surface area contributed by atoms with Crippen molar-refractivity contribution in [1.29, 1.82) is 0 Å². The largest absolute Gasteiger partial charge is 0.377 e. The molecule has 3 rings (SSSR count). The fraction of sp³-hybridized carbons (Fsp3) is 0.625. The van der Waals surface area contributed by atoms with Crippen molar-refractivity contribution in [3.63, 3.8) is 0 Å². The number of methoxy groups -OCH3 is 1. The van der Waals surface area contributed by atoms with Gasteiger partial charge in [0.15, 0.2) is 5.82 Å². The first-order valence-corrected chi connectivity index (χ1v) is 8.99. The summed E-state index contributed by atoms with van der Waals surface area (Å²) in [4.78, 5) is 24.1. The number of nitrogens with zero attached hydrogens (tertiary/aromatic N) is 4. The van der Waals surface area contributed by atoms with Crippen LogP contribution in [-0.4, -0.2) is 58.8 Å². The van der Waals surface area contributed by atoms with Gasteiger partial charge in [0, 0.05) is 25.1 Å². The van der Waals surface area contributed by atoms with Gasteiger partial charge in [-0.1, -0.05) is 5.16 Å². The molecule has 2 aromatic rings. The van der Waals surface area contributed by atoms with E-state index >= 15 is 0 Å². The van der Waals surface area contributed by atoms with Crippen molar-refractivity contribution in [3.05, 3.63) is 27.3 Å². The maximum Gasteiger partial charge on any atom is 0.229 e. The minimum Gasteiger partial charge on any atom is -0.377 e. The molecule has 25 heavy (non-hydrogen) atoms. The van der Waals surface area contributed by atoms with E-state index in [9.17, 15) is 4.79 Å². The predicted molar refractivity (Wildman–Crippen MR) is 90.3 cm³/mol. The lowest BCUT2D eigenvalue weighted by molar-refractivity contribution is -0.138. The molecule has 0 radical (unpaired) electrons. The van der Waals surface area contributed by atoms with E-state index in [-0.39, 0.29) is 12.0 Å². The van der Waals surface area contributed by atoms with Crippen molar-refractivity contribution in [1.82, 2.24) is 20.0 Å². The third-order valence-electron chi connectivity index (χ3n) is 3.99. The second-order valence-electron chi connectivity index (χ2n) is 5.99. The monoisotopic (exact) mass is 366 g/mol. The number of carbonyl (C=O) groups is 1. The first-order valence-electron chi connectivity index (χ1n) is 8.18. The van der Waals surface area contributed by atoms with Gasteiger partial charge in [-0.15, -0.1) is 11.3 Å². The van der Waals surface area contributed by atoms with Gasteiger partial charge in [-0.3, -0.25) is 4.79 Å². The van der Waals surface area contributed by atoms with Crippen molar-refractivity contribution in [2.75, 3.05) is 26.8 Å². The van der Waals surface area contributed by atoms with Gasteiger partial charge in [0.05, 0.1) is 36.3 Å². The number of hydrogen-bond acceptors (Lipinski definition) is 8. The second-order valence-corrected chi connectivity index (χ2v) is 7.28. The van der Waals surface area contributed by atoms with Crippen LogP contribution in [0.15, 0.2) is 4.52 Å². The van der Waals surface area contributed by atoms with Gasteiger partial charge < -0.3 is 18.9 Å². The molecule has 136 valence electrons. The molecule has 0 saturated carbocycles. The smallest absolute Gasteiger partial charge is 0.229 e. The van der Waals surface area contributed by atoms with E-state index in [1.807, 2.05) is 18.7 Å². The Morgan fingerprint density at radius 3 is 2.96 bits per heavy atom. The standard InChI is InChI=1S/C16H22N4O4S/c1-10-13(25-11(2)17-10)7-16(21)20-4-5-23-12(8-20)6-15-18-14(9-22-3)19-24-15/h12H,4-9H2,1-3H3. The van der Waals surface area contributed by atoms with Crippen LogP contribution in [0.3, 0.4) is 0 Å². The maximum atomic E-state index is 12.6. The molecule has 2 aromatic heterocycles. The third-order valence-corrected chi connectivity index (χ3v) is 5.06. The van der Waals surface area contributed by atoms with Gasteiger partial charge in [0.2, 0.25) is 11.8 Å². The summed E-state index contributed by atoms with van der Waals surface area (Å²) in [5, 5.41) is 4.83. The number of amides is 1. The van der Waals surface area contributed by atoms with Crippen LogP contribution in [0.2, 0.25) is 0 Å². The van der Waals surface area contributed by atoms with Crippen molar-refractivity contribution < 1.29 is 18.8 Å². The Morgan fingerprint density at radius 2 is 2.24 bits per heavy atom. The summed E-state index contributed by atoms with van der Waals surface area (Å²) in [6, 6.07) is 0. The summed E-state index contributed by atoms with van der Waals surface area (Å²) in [5.74, 6) is 1.11. The Balaban J connectivity index is 1.56. The summed E-state index contributed by atoms with van der Waals surface area (Å²) in [6.45, 7) is 5.85. The van der Waals surface area contributed by atoms with Crippen LogP contribution < -0.4 is 0 Å². The summed E-state index contributed by atoms with van der Waals surface area (Å²) in [5.41, 5.74) is 0.942. The molecule has 1 aliphatic heterocycles. The van der Waals surface area contributed by atoms with E-state index < -0.39 is 0 Å². The number of carbonyl (C=O) groups excluding carboxylic acids is 1. The first-order chi connectivity index (χ1) is 12.0. The van der Waals surface area contributed by atoms with Crippen LogP contribution in [0, 0.1) is 13.8 Å². The quantitative estimate of drug-likeness (QED) is 0.761. The summed E-state index contributed by atoms with van der Waals surface area (Å²) < 4.78 is 15.9. The van der Waals surface area contributed by atoms with E-state index in [2.05, 4.69) is 15.1 Å². The molecule has 9 heteroatoms. The molecule has 0 spiro atoms. The molecule has 1 saturated heterocycles. The highest BCUT2D eigenvalue weighted by atomic mass is 32.1. The average Bonchev–Trinajstić information content (AvgIpc) is 3.14. The van der Waals surface area contributed by atoms with Gasteiger partial charge >= 0.3 is 0 Å². The van der Waals surface area contributed by atoms with Crippen LogP contribution in [-0.2, 0) is 33.7 Å². The Morgan fingerprint density at radius 1 is 1.40 bits per heavy atom. The minimum atomic E-state index is -0.141. The average molecular weight is 366 g/mol. The number of aromatic nitrogens is 3. The number of ether oxygens (including phenoxy) is 2. The third kappa shape index (κ3) is 4.62. The topological polar surface area (TPSA) is 90.6 Å². The lowest BCUT2D eigenvalue weighted by Gasteiger charge is -2.32. The number of thiazole rings is 1. The lowest BCUT2D eigenvalue weighted by Crippen LogP contribution is -2.46. The molecule has 8 nitrogen and oxygen atoms in total. The summed E-state index contributed by atoms with van der Waals surface area (Å²) >= 11 is 1.58. The zero-order valence-corrected chi connectivity index (χ0v) is 15.5. The van der Waals surface area contributed by atoms with Crippen LogP contribution in [0.25, 0.3) is 0 Å². The molecule has 1 fully saturated rings. The predicted octanol–water partition coefficient (Wildman–Crippen LogP) is 1.30. The fourth-order valence-electron chi connectivity index (χ4n) is 2.81. The molecule has 0 aromatic carbocycles. The molecule has 1 unspecified atom stereocenters. The zero-order valence-electron chi connectivity index (χ0n) is 14.7. The van der Waals surface area contributed by atoms with E-state index in [0.717, 1.165) is 15.6 Å². The number of rotatable bonds is 6. The molecule has 0 bridgehead atoms. The number of hydrogen-bond donors (Lipinski definition) is 0. The molecule has 1 amide bonds. The van der Waals surface area contributed by atoms with E-state index in [4.69, 9.17) is 14.0 Å². The van der Waals surface area contributed by atoms with Crippen LogP contribution in [0.5, 0.6) is 0 Å². The second kappa shape index (κ2) is 8.03. The SMILES string of the molecule is COCc1noc(CC2CN(C(=O)Cc3sc(C)nc3C)CCO2)n1. The fourth-order valence-corrected chi connectivity index (χ4v) is 3.74. The molecule has 1 atom stereocenters. The zero-order chi connectivity index (χ0) is 17.8. The highest BCUT2D eigenvalue weighted by Gasteiger charge is 2.26. The van der Waals surface area contributed by atoms with E-state index in [0.29, 0.717) is 50.9 Å². The molecule has 1 aliphatic rings. The van der Waals surface area contributed by atoms with E-state index in [1.54, 1.807) is 18.4 Å². The van der Waals surface area contributed by atoms with E-state index in [1.165, 1.54) is 0 Å². The molecular formula is C16H22N4O4S. The Kier molecular flexibility index (Phi) is 5.77. The molecule has 3 heterocycles. The van der Waals surface area contributed by atoms with Crippen LogP contribution in [0.1, 0.15) is 27.3 Å². The molecule has 0 N–H and O–H groups in total. The Hall–Kier alpha value is -1.84. The molecule has 0 aliphatic carbocycles. The van der Waals surface area contributed by atoms with Crippen molar-refractivity contribution in [3.8, 4) is 0 Å². The van der Waals surface area contributed by atoms with Gasteiger partial charge in [0.25, 0.3) is 0 Å². The Bertz CT molecular complexity index is 730. The first kappa shape index (κ1) is 18.0. The summed E-state index contributed by atoms with van der Waals surface area (Å²) in [6.07, 6.45) is 0.736. The van der Waals surface area contributed by atoms with Gasteiger partial charge in [0.1, 0.15) is 6.61 Å². The van der Waals surface area contributed by atoms with Crippen LogP contribution >= 0.6 is 11.3 Å². The highest BCUT2D eigenvalue weighted by Crippen LogP contribution is 2.19. The normalized spacial score (nSPS) is 17.9. The van der Waals surface area contributed by atoms with Crippen LogP contribution in [0.4, 0.5) is 0 Å². The highest BCUT2D eigenvalue weighted by molar-refractivity contribution is 7.11. The number of morpholine rings is 1.